The van der Waals surface area contributed by atoms with E-state index in [-0.39, 0.29) is 5.95 Å². The number of anilines is 2. The van der Waals surface area contributed by atoms with Gasteiger partial charge in [-0.15, -0.1) is 0 Å². The van der Waals surface area contributed by atoms with Gasteiger partial charge >= 0.3 is 0 Å². The highest BCUT2D eigenvalue weighted by Gasteiger charge is 2.08. The Labute approximate surface area is 80.4 Å². The average Bonchev–Trinajstić information content (AvgIpc) is 1.99. The summed E-state index contributed by atoms with van der Waals surface area (Å²) in [6.45, 7) is 3.63. The van der Waals surface area contributed by atoms with Gasteiger partial charge in [0.1, 0.15) is 11.6 Å². The number of hydrogen-bond acceptors (Lipinski definition) is 6. The molecule has 0 saturated carbocycles. The van der Waals surface area contributed by atoms with Crippen LogP contribution in [0.1, 0.15) is 11.5 Å². The Bertz CT molecular complexity index is 464. The van der Waals surface area contributed by atoms with E-state index in [1.165, 1.54) is 0 Å². The van der Waals surface area contributed by atoms with E-state index in [4.69, 9.17) is 11.5 Å². The smallest absolute Gasteiger partial charge is 0.224 e. The third-order valence-corrected chi connectivity index (χ3v) is 1.89. The van der Waals surface area contributed by atoms with E-state index in [0.29, 0.717) is 22.7 Å². The fourth-order valence-electron chi connectivity index (χ4n) is 1.39. The lowest BCUT2D eigenvalue weighted by atomic mass is 10.3. The summed E-state index contributed by atoms with van der Waals surface area (Å²) < 4.78 is 0. The van der Waals surface area contributed by atoms with E-state index in [1.807, 2.05) is 6.92 Å². The second-order valence-corrected chi connectivity index (χ2v) is 3.02. The summed E-state index contributed by atoms with van der Waals surface area (Å²) in [6.07, 6.45) is 0. The topological polar surface area (TPSA) is 104 Å². The zero-order valence-corrected chi connectivity index (χ0v) is 7.94. The first-order chi connectivity index (χ1) is 6.58. The third-order valence-electron chi connectivity index (χ3n) is 1.89. The molecular weight excluding hydrogens is 180 g/mol. The first-order valence-corrected chi connectivity index (χ1v) is 4.12. The minimum Gasteiger partial charge on any atom is -0.383 e. The average molecular weight is 190 g/mol. The second kappa shape index (κ2) is 2.76. The Balaban J connectivity index is 2.94. The van der Waals surface area contributed by atoms with E-state index >= 15 is 0 Å². The second-order valence-electron chi connectivity index (χ2n) is 3.02. The number of aryl methyl sites for hydroxylation is 2. The van der Waals surface area contributed by atoms with Crippen LogP contribution >= 0.6 is 0 Å². The Hall–Kier alpha value is -1.98. The molecule has 6 nitrogen and oxygen atoms in total. The van der Waals surface area contributed by atoms with Gasteiger partial charge in [-0.25, -0.2) is 9.97 Å². The van der Waals surface area contributed by atoms with Crippen LogP contribution in [0, 0.1) is 13.8 Å². The summed E-state index contributed by atoms with van der Waals surface area (Å²) in [5, 5.41) is 0.671. The summed E-state index contributed by atoms with van der Waals surface area (Å²) in [4.78, 5) is 16.2. The first-order valence-electron chi connectivity index (χ1n) is 4.12. The van der Waals surface area contributed by atoms with Crippen LogP contribution in [0.4, 0.5) is 11.8 Å². The van der Waals surface area contributed by atoms with Crippen molar-refractivity contribution in [1.82, 2.24) is 19.9 Å². The standard InChI is InChI=1S/C8H10N6/c1-3-5-6(9)13-8(10)14-7(5)12-4(2)11-3/h1-2H3,(H4,9,10,11,12,13,14). The number of rotatable bonds is 0. The molecule has 0 spiro atoms. The van der Waals surface area contributed by atoms with Crippen LogP contribution in [0.15, 0.2) is 0 Å². The molecule has 0 fully saturated rings. The molecule has 0 aliphatic rings. The van der Waals surface area contributed by atoms with Crippen molar-refractivity contribution < 1.29 is 0 Å². The fourth-order valence-corrected chi connectivity index (χ4v) is 1.39. The molecule has 0 radical (unpaired) electrons. The lowest BCUT2D eigenvalue weighted by Crippen LogP contribution is -2.04. The van der Waals surface area contributed by atoms with E-state index in [0.717, 1.165) is 5.69 Å². The quantitative estimate of drug-likeness (QED) is 0.615. The van der Waals surface area contributed by atoms with Gasteiger partial charge in [-0.3, -0.25) is 0 Å². The van der Waals surface area contributed by atoms with Gasteiger partial charge in [0.25, 0.3) is 0 Å². The predicted molar refractivity (Wildman–Crippen MR) is 53.4 cm³/mol. The van der Waals surface area contributed by atoms with Gasteiger partial charge < -0.3 is 11.5 Å². The summed E-state index contributed by atoms with van der Waals surface area (Å²) in [5.74, 6) is 1.10. The Kier molecular flexibility index (Phi) is 1.70. The van der Waals surface area contributed by atoms with Crippen LogP contribution in [-0.4, -0.2) is 19.9 Å². The number of fused-ring (bicyclic) bond motifs is 1. The van der Waals surface area contributed by atoms with Crippen LogP contribution in [0.5, 0.6) is 0 Å². The number of nitrogens with two attached hydrogens (primary N) is 2. The monoisotopic (exact) mass is 190 g/mol. The molecule has 0 amide bonds. The highest BCUT2D eigenvalue weighted by atomic mass is 15.1. The molecular formula is C8H10N6. The van der Waals surface area contributed by atoms with Crippen molar-refractivity contribution in [2.45, 2.75) is 13.8 Å². The van der Waals surface area contributed by atoms with Crippen molar-refractivity contribution in [2.24, 2.45) is 0 Å². The molecule has 0 saturated heterocycles. The number of nitrogens with zero attached hydrogens (tertiary/aromatic N) is 4. The largest absolute Gasteiger partial charge is 0.383 e. The van der Waals surface area contributed by atoms with E-state index < -0.39 is 0 Å². The van der Waals surface area contributed by atoms with Crippen molar-refractivity contribution in [3.63, 3.8) is 0 Å². The summed E-state index contributed by atoms with van der Waals surface area (Å²) in [7, 11) is 0. The van der Waals surface area contributed by atoms with E-state index in [1.54, 1.807) is 6.92 Å². The zero-order chi connectivity index (χ0) is 10.3. The van der Waals surface area contributed by atoms with Gasteiger partial charge in [0.2, 0.25) is 5.95 Å². The molecule has 2 aromatic heterocycles. The van der Waals surface area contributed by atoms with Gasteiger partial charge in [-0.05, 0) is 13.8 Å². The highest BCUT2D eigenvalue weighted by molar-refractivity contribution is 5.88. The maximum atomic E-state index is 5.70. The number of aromatic nitrogens is 4. The van der Waals surface area contributed by atoms with Gasteiger partial charge in [0, 0.05) is 0 Å². The van der Waals surface area contributed by atoms with Crippen LogP contribution in [-0.2, 0) is 0 Å². The summed E-state index contributed by atoms with van der Waals surface area (Å²) in [6, 6.07) is 0. The molecule has 0 unspecified atom stereocenters. The molecule has 0 aliphatic carbocycles. The molecule has 0 aromatic carbocycles. The van der Waals surface area contributed by atoms with Gasteiger partial charge in [-0.2, -0.15) is 9.97 Å². The Morgan fingerprint density at radius 2 is 1.64 bits per heavy atom. The molecule has 0 bridgehead atoms. The molecule has 14 heavy (non-hydrogen) atoms. The van der Waals surface area contributed by atoms with Crippen LogP contribution < -0.4 is 11.5 Å². The zero-order valence-electron chi connectivity index (χ0n) is 7.94. The highest BCUT2D eigenvalue weighted by Crippen LogP contribution is 2.19. The van der Waals surface area contributed by atoms with Crippen LogP contribution in [0.3, 0.4) is 0 Å². The molecule has 2 rings (SSSR count). The molecule has 4 N–H and O–H groups in total. The van der Waals surface area contributed by atoms with E-state index in [2.05, 4.69) is 19.9 Å². The minimum atomic E-state index is 0.132. The maximum Gasteiger partial charge on any atom is 0.224 e. The lowest BCUT2D eigenvalue weighted by molar-refractivity contribution is 1.03. The Morgan fingerprint density at radius 3 is 2.36 bits per heavy atom. The third kappa shape index (κ3) is 1.20. The number of hydrogen-bond donors (Lipinski definition) is 2. The van der Waals surface area contributed by atoms with Crippen molar-refractivity contribution in [3.05, 3.63) is 11.5 Å². The first kappa shape index (κ1) is 8.61. The van der Waals surface area contributed by atoms with Crippen LogP contribution in [0.2, 0.25) is 0 Å². The Morgan fingerprint density at radius 1 is 0.929 bits per heavy atom. The molecule has 6 heteroatoms. The van der Waals surface area contributed by atoms with Crippen LogP contribution in [0.25, 0.3) is 11.0 Å². The lowest BCUT2D eigenvalue weighted by Gasteiger charge is -2.04. The summed E-state index contributed by atoms with van der Waals surface area (Å²) >= 11 is 0. The molecule has 72 valence electrons. The van der Waals surface area contributed by atoms with Gasteiger partial charge in [0.05, 0.1) is 11.1 Å². The van der Waals surface area contributed by atoms with E-state index in [9.17, 15) is 0 Å². The van der Waals surface area contributed by atoms with Crippen molar-refractivity contribution in [3.8, 4) is 0 Å². The summed E-state index contributed by atoms with van der Waals surface area (Å²) in [5.41, 5.74) is 12.4. The normalized spacial score (nSPS) is 10.7. The van der Waals surface area contributed by atoms with Crippen molar-refractivity contribution >= 4 is 22.8 Å². The van der Waals surface area contributed by atoms with Crippen molar-refractivity contribution in [2.75, 3.05) is 11.5 Å². The maximum absolute atomic E-state index is 5.70. The fraction of sp³-hybridized carbons (Fsp3) is 0.250. The molecule has 2 aromatic rings. The minimum absolute atomic E-state index is 0.132. The molecule has 0 aliphatic heterocycles. The van der Waals surface area contributed by atoms with Crippen molar-refractivity contribution in [1.29, 1.82) is 0 Å². The van der Waals surface area contributed by atoms with Gasteiger partial charge in [0.15, 0.2) is 5.65 Å². The predicted octanol–water partition coefficient (Wildman–Crippen LogP) is 0.201. The molecule has 2 heterocycles. The SMILES string of the molecule is Cc1nc(C)c2c(N)nc(N)nc2n1. The number of nitrogen functional groups attached to an aromatic ring is 2. The molecule has 0 atom stereocenters. The van der Waals surface area contributed by atoms with Gasteiger partial charge in [-0.1, -0.05) is 0 Å².